The highest BCUT2D eigenvalue weighted by Crippen LogP contribution is 2.22. The van der Waals surface area contributed by atoms with Gasteiger partial charge >= 0.3 is 0 Å². The van der Waals surface area contributed by atoms with Crippen molar-refractivity contribution in [1.82, 2.24) is 10.2 Å². The van der Waals surface area contributed by atoms with E-state index < -0.39 is 0 Å². The highest BCUT2D eigenvalue weighted by atomic mass is 19.1. The molecule has 1 atom stereocenters. The highest BCUT2D eigenvalue weighted by molar-refractivity contribution is 5.95. The molecule has 2 aromatic carbocycles. The third kappa shape index (κ3) is 5.13. The van der Waals surface area contributed by atoms with E-state index in [0.29, 0.717) is 31.9 Å². The van der Waals surface area contributed by atoms with E-state index in [0.717, 1.165) is 24.2 Å². The second kappa shape index (κ2) is 9.60. The summed E-state index contributed by atoms with van der Waals surface area (Å²) in [5.41, 5.74) is 2.29. The number of amides is 1. The van der Waals surface area contributed by atoms with Crippen molar-refractivity contribution in [3.8, 4) is 0 Å². The van der Waals surface area contributed by atoms with Crippen molar-refractivity contribution >= 4 is 5.91 Å². The number of morpholine rings is 1. The zero-order chi connectivity index (χ0) is 19.1. The Kier molecular flexibility index (Phi) is 6.92. The van der Waals surface area contributed by atoms with Crippen LogP contribution in [0.2, 0.25) is 0 Å². The number of carbonyl (C=O) groups excluding carboxylic acids is 1. The molecule has 0 spiro atoms. The summed E-state index contributed by atoms with van der Waals surface area (Å²) in [5, 5.41) is 3.01. The third-order valence-corrected chi connectivity index (χ3v) is 4.74. The van der Waals surface area contributed by atoms with Gasteiger partial charge < -0.3 is 14.8 Å². The van der Waals surface area contributed by atoms with Gasteiger partial charge in [0.15, 0.2) is 0 Å². The molecule has 0 radical (unpaired) electrons. The van der Waals surface area contributed by atoms with Crippen molar-refractivity contribution < 1.29 is 18.7 Å². The number of benzene rings is 2. The first-order valence-corrected chi connectivity index (χ1v) is 9.11. The summed E-state index contributed by atoms with van der Waals surface area (Å²) < 4.78 is 24.4. The zero-order valence-corrected chi connectivity index (χ0v) is 15.5. The van der Waals surface area contributed by atoms with E-state index in [4.69, 9.17) is 9.47 Å². The van der Waals surface area contributed by atoms with Crippen molar-refractivity contribution in [2.45, 2.75) is 12.6 Å². The maximum Gasteiger partial charge on any atom is 0.251 e. The first-order valence-electron chi connectivity index (χ1n) is 9.11. The van der Waals surface area contributed by atoms with Crippen LogP contribution in [0.15, 0.2) is 48.5 Å². The molecule has 3 rings (SSSR count). The Hall–Kier alpha value is -2.28. The summed E-state index contributed by atoms with van der Waals surface area (Å²) in [5.74, 6) is -0.431. The molecule has 0 aromatic heterocycles. The Balaban J connectivity index is 1.75. The minimum Gasteiger partial charge on any atom is -0.380 e. The number of ether oxygens (including phenoxy) is 2. The van der Waals surface area contributed by atoms with E-state index in [1.165, 1.54) is 12.1 Å². The monoisotopic (exact) mass is 372 g/mol. The molecule has 1 N–H and O–H groups in total. The molecule has 6 heteroatoms. The van der Waals surface area contributed by atoms with Crippen molar-refractivity contribution in [3.63, 3.8) is 0 Å². The minimum atomic E-state index is -0.275. The van der Waals surface area contributed by atoms with Crippen LogP contribution in [-0.4, -0.2) is 50.8 Å². The molecule has 1 aliphatic heterocycles. The van der Waals surface area contributed by atoms with Crippen molar-refractivity contribution in [3.05, 3.63) is 71.0 Å². The Bertz CT molecular complexity index is 763. The van der Waals surface area contributed by atoms with Crippen molar-refractivity contribution in [1.29, 1.82) is 0 Å². The fourth-order valence-corrected chi connectivity index (χ4v) is 3.37. The van der Waals surface area contributed by atoms with Gasteiger partial charge in [-0.2, -0.15) is 0 Å². The molecule has 5 nitrogen and oxygen atoms in total. The number of carbonyl (C=O) groups is 1. The molecule has 2 aromatic rings. The number of hydrogen-bond donors (Lipinski definition) is 1. The van der Waals surface area contributed by atoms with Crippen LogP contribution in [0.4, 0.5) is 4.39 Å². The molecule has 27 heavy (non-hydrogen) atoms. The minimum absolute atomic E-state index is 0.108. The van der Waals surface area contributed by atoms with E-state index >= 15 is 0 Å². The zero-order valence-electron chi connectivity index (χ0n) is 15.5. The Morgan fingerprint density at radius 1 is 1.22 bits per heavy atom. The maximum atomic E-state index is 13.8. The van der Waals surface area contributed by atoms with Gasteiger partial charge in [0.2, 0.25) is 0 Å². The van der Waals surface area contributed by atoms with Crippen LogP contribution in [-0.2, 0) is 16.1 Å². The largest absolute Gasteiger partial charge is 0.380 e. The number of methoxy groups -OCH3 is 1. The van der Waals surface area contributed by atoms with E-state index in [1.54, 1.807) is 19.2 Å². The van der Waals surface area contributed by atoms with Gasteiger partial charge in [0.1, 0.15) is 5.82 Å². The summed E-state index contributed by atoms with van der Waals surface area (Å²) in [7, 11) is 1.60. The average Bonchev–Trinajstić information content (AvgIpc) is 2.69. The molecular weight excluding hydrogens is 347 g/mol. The SMILES string of the molecule is COCc1ccccc1C(=O)NCC(c1cccc(F)c1)N1CCOCC1. The van der Waals surface area contributed by atoms with E-state index in [9.17, 15) is 9.18 Å². The smallest absolute Gasteiger partial charge is 0.251 e. The maximum absolute atomic E-state index is 13.8. The first-order chi connectivity index (χ1) is 13.2. The van der Waals surface area contributed by atoms with Crippen LogP contribution in [0.5, 0.6) is 0 Å². The van der Waals surface area contributed by atoms with Crippen LogP contribution >= 0.6 is 0 Å². The van der Waals surface area contributed by atoms with Crippen LogP contribution in [0.3, 0.4) is 0 Å². The average molecular weight is 372 g/mol. The van der Waals surface area contributed by atoms with Crippen molar-refractivity contribution in [2.24, 2.45) is 0 Å². The fourth-order valence-electron chi connectivity index (χ4n) is 3.37. The first kappa shape index (κ1) is 19.5. The second-order valence-electron chi connectivity index (χ2n) is 6.52. The lowest BCUT2D eigenvalue weighted by Gasteiger charge is -2.35. The van der Waals surface area contributed by atoms with Gasteiger partial charge in [-0.3, -0.25) is 9.69 Å². The van der Waals surface area contributed by atoms with Gasteiger partial charge in [0.25, 0.3) is 5.91 Å². The molecule has 1 unspecified atom stereocenters. The molecule has 0 saturated carbocycles. The summed E-state index contributed by atoms with van der Waals surface area (Å²) in [6.07, 6.45) is 0. The van der Waals surface area contributed by atoms with Gasteiger partial charge in [-0.05, 0) is 29.3 Å². The quantitative estimate of drug-likeness (QED) is 0.812. The summed E-state index contributed by atoms with van der Waals surface area (Å²) in [6, 6.07) is 13.8. The predicted molar refractivity (Wildman–Crippen MR) is 101 cm³/mol. The lowest BCUT2D eigenvalue weighted by atomic mass is 10.0. The standard InChI is InChI=1S/C21H25FN2O3/c1-26-15-17-5-2-3-8-19(17)21(25)23-14-20(24-9-11-27-12-10-24)16-6-4-7-18(22)13-16/h2-8,13,20H,9-12,14-15H2,1H3,(H,23,25). The normalized spacial score (nSPS) is 16.1. The molecular formula is C21H25FN2O3. The second-order valence-corrected chi connectivity index (χ2v) is 6.52. The highest BCUT2D eigenvalue weighted by Gasteiger charge is 2.24. The fraction of sp³-hybridized carbons (Fsp3) is 0.381. The molecule has 1 amide bonds. The lowest BCUT2D eigenvalue weighted by molar-refractivity contribution is 0.0161. The van der Waals surface area contributed by atoms with Gasteiger partial charge in [-0.15, -0.1) is 0 Å². The number of nitrogens with one attached hydrogen (secondary N) is 1. The Morgan fingerprint density at radius 3 is 2.74 bits per heavy atom. The third-order valence-electron chi connectivity index (χ3n) is 4.74. The van der Waals surface area contributed by atoms with E-state index in [-0.39, 0.29) is 17.8 Å². The molecule has 1 heterocycles. The summed E-state index contributed by atoms with van der Waals surface area (Å²) >= 11 is 0. The number of hydrogen-bond acceptors (Lipinski definition) is 4. The summed E-state index contributed by atoms with van der Waals surface area (Å²) in [6.45, 7) is 3.53. The Morgan fingerprint density at radius 2 is 2.00 bits per heavy atom. The Labute approximate surface area is 159 Å². The van der Waals surface area contributed by atoms with Crippen LogP contribution in [0.1, 0.15) is 27.5 Å². The van der Waals surface area contributed by atoms with Gasteiger partial charge in [0, 0.05) is 32.3 Å². The topological polar surface area (TPSA) is 50.8 Å². The molecule has 1 aliphatic rings. The molecule has 0 bridgehead atoms. The van der Waals surface area contributed by atoms with Gasteiger partial charge in [-0.1, -0.05) is 30.3 Å². The van der Waals surface area contributed by atoms with Crippen LogP contribution in [0, 0.1) is 5.82 Å². The molecule has 1 fully saturated rings. The van der Waals surface area contributed by atoms with Crippen LogP contribution < -0.4 is 5.32 Å². The van der Waals surface area contributed by atoms with Crippen molar-refractivity contribution in [2.75, 3.05) is 40.0 Å². The van der Waals surface area contributed by atoms with Gasteiger partial charge in [0.05, 0.1) is 25.9 Å². The van der Waals surface area contributed by atoms with E-state index in [1.807, 2.05) is 24.3 Å². The molecule has 1 saturated heterocycles. The molecule has 144 valence electrons. The van der Waals surface area contributed by atoms with Crippen LogP contribution in [0.25, 0.3) is 0 Å². The van der Waals surface area contributed by atoms with Gasteiger partial charge in [-0.25, -0.2) is 4.39 Å². The molecule has 0 aliphatic carbocycles. The lowest BCUT2D eigenvalue weighted by Crippen LogP contribution is -2.44. The van der Waals surface area contributed by atoms with E-state index in [2.05, 4.69) is 10.2 Å². The number of halogens is 1. The predicted octanol–water partition coefficient (Wildman–Crippen LogP) is 2.78. The number of nitrogens with zero attached hydrogens (tertiary/aromatic N) is 1. The number of rotatable bonds is 7. The summed E-state index contributed by atoms with van der Waals surface area (Å²) in [4.78, 5) is 15.0.